The van der Waals surface area contributed by atoms with Crippen molar-refractivity contribution in [3.8, 4) is 11.5 Å². The molecule has 0 radical (unpaired) electrons. The summed E-state index contributed by atoms with van der Waals surface area (Å²) in [5, 5.41) is 19.7. The average Bonchev–Trinajstić information content (AvgIpc) is 3.15. The topological polar surface area (TPSA) is 65.8 Å². The lowest BCUT2D eigenvalue weighted by Crippen LogP contribution is -2.29. The maximum atomic E-state index is 14.0. The van der Waals surface area contributed by atoms with Crippen LogP contribution < -0.4 is 4.74 Å². The van der Waals surface area contributed by atoms with Gasteiger partial charge in [-0.25, -0.2) is 4.39 Å². The predicted octanol–water partition coefficient (Wildman–Crippen LogP) is 3.06. The highest BCUT2D eigenvalue weighted by molar-refractivity contribution is 5.29. The van der Waals surface area contributed by atoms with Gasteiger partial charge in [-0.05, 0) is 61.4 Å². The molecule has 2 N–H and O–H groups in total. The van der Waals surface area contributed by atoms with Crippen LogP contribution in [0.15, 0.2) is 36.5 Å². The van der Waals surface area contributed by atoms with Crippen LogP contribution in [0.3, 0.4) is 0 Å². The second-order valence-electron chi connectivity index (χ2n) is 7.84. The Morgan fingerprint density at radius 1 is 1.22 bits per heavy atom. The lowest BCUT2D eigenvalue weighted by atomic mass is 10.0. The van der Waals surface area contributed by atoms with Crippen molar-refractivity contribution < 1.29 is 19.3 Å². The van der Waals surface area contributed by atoms with E-state index in [2.05, 4.69) is 9.88 Å². The van der Waals surface area contributed by atoms with Gasteiger partial charge in [-0.2, -0.15) is 0 Å². The molecule has 6 heteroatoms. The molecule has 144 valence electrons. The van der Waals surface area contributed by atoms with Crippen molar-refractivity contribution in [3.63, 3.8) is 0 Å². The summed E-state index contributed by atoms with van der Waals surface area (Å²) in [5.74, 6) is 1.18. The molecule has 1 aromatic carbocycles. The molecule has 1 aliphatic carbocycles. The van der Waals surface area contributed by atoms with E-state index in [0.29, 0.717) is 29.8 Å². The third-order valence-corrected chi connectivity index (χ3v) is 5.71. The van der Waals surface area contributed by atoms with Gasteiger partial charge < -0.3 is 14.9 Å². The number of nitrogens with zero attached hydrogens (tertiary/aromatic N) is 2. The van der Waals surface area contributed by atoms with Crippen LogP contribution in [0.4, 0.5) is 4.39 Å². The normalized spacial score (nSPS) is 26.1. The molecule has 5 nitrogen and oxygen atoms in total. The molecule has 2 heterocycles. The summed E-state index contributed by atoms with van der Waals surface area (Å²) in [6, 6.07) is 8.28. The maximum Gasteiger partial charge on any atom is 0.165 e. The highest BCUT2D eigenvalue weighted by atomic mass is 19.1. The smallest absolute Gasteiger partial charge is 0.165 e. The highest BCUT2D eigenvalue weighted by Gasteiger charge is 2.42. The van der Waals surface area contributed by atoms with Crippen molar-refractivity contribution >= 4 is 0 Å². The van der Waals surface area contributed by atoms with Crippen LogP contribution in [0.5, 0.6) is 11.5 Å². The van der Waals surface area contributed by atoms with Gasteiger partial charge in [0.05, 0.1) is 18.0 Å². The van der Waals surface area contributed by atoms with Gasteiger partial charge in [-0.1, -0.05) is 6.07 Å². The minimum absolute atomic E-state index is 0.0584. The zero-order valence-electron chi connectivity index (χ0n) is 15.4. The summed E-state index contributed by atoms with van der Waals surface area (Å²) in [6.07, 6.45) is 2.58. The predicted molar refractivity (Wildman–Crippen MR) is 99.1 cm³/mol. The number of benzene rings is 1. The number of fused-ring (bicyclic) bond motifs is 1. The first-order valence-corrected chi connectivity index (χ1v) is 9.46. The van der Waals surface area contributed by atoms with Crippen LogP contribution in [0.1, 0.15) is 30.2 Å². The van der Waals surface area contributed by atoms with Crippen molar-refractivity contribution in [1.82, 2.24) is 9.88 Å². The number of rotatable bonds is 5. The van der Waals surface area contributed by atoms with Crippen molar-refractivity contribution in [3.05, 3.63) is 53.6 Å². The zero-order valence-corrected chi connectivity index (χ0v) is 15.4. The minimum atomic E-state index is -0.668. The fourth-order valence-corrected chi connectivity index (χ4v) is 4.40. The third-order valence-electron chi connectivity index (χ3n) is 5.71. The molecular weight excluding hydrogens is 347 g/mol. The number of pyridine rings is 1. The van der Waals surface area contributed by atoms with Crippen LogP contribution in [-0.2, 0) is 0 Å². The molecule has 0 bridgehead atoms. The molecule has 0 amide bonds. The number of aliphatic hydroxyl groups is 1. The van der Waals surface area contributed by atoms with Crippen molar-refractivity contribution in [1.29, 1.82) is 0 Å². The number of hydrogen-bond donors (Lipinski definition) is 2. The van der Waals surface area contributed by atoms with E-state index in [1.54, 1.807) is 12.1 Å². The third kappa shape index (κ3) is 4.06. The lowest BCUT2D eigenvalue weighted by Gasteiger charge is -2.22. The first kappa shape index (κ1) is 18.2. The average molecular weight is 372 g/mol. The molecule has 2 aliphatic rings. The number of aryl methyl sites for hydroxylation is 1. The standard InChI is InChI=1S/C21H25FN2O3/c1-13-2-5-21(18(22)6-13)27-17-7-14-10-24(11-15(14)8-17)12-20(26)19-4-3-16(25)9-23-19/h2-6,9,14-15,17,20,25-26H,7-8,10-12H2,1H3/t14-,15+,17+,20?. The fraction of sp³-hybridized carbons (Fsp3) is 0.476. The van der Waals surface area contributed by atoms with Gasteiger partial charge in [-0.3, -0.25) is 9.88 Å². The number of β-amino-alcohol motifs (C(OH)–C–C–N with tert-alkyl or cyclic N) is 1. The highest BCUT2D eigenvalue weighted by Crippen LogP contribution is 2.40. The summed E-state index contributed by atoms with van der Waals surface area (Å²) in [5.41, 5.74) is 1.46. The number of aromatic nitrogens is 1. The van der Waals surface area contributed by atoms with E-state index in [4.69, 9.17) is 4.74 Å². The molecule has 1 unspecified atom stereocenters. The van der Waals surface area contributed by atoms with Crippen LogP contribution in [-0.4, -0.2) is 45.8 Å². The van der Waals surface area contributed by atoms with E-state index in [9.17, 15) is 14.6 Å². The molecule has 27 heavy (non-hydrogen) atoms. The van der Waals surface area contributed by atoms with Crippen molar-refractivity contribution in [2.24, 2.45) is 11.8 Å². The molecular formula is C21H25FN2O3. The fourth-order valence-electron chi connectivity index (χ4n) is 4.40. The Balaban J connectivity index is 1.29. The zero-order chi connectivity index (χ0) is 19.0. The molecule has 2 fully saturated rings. The van der Waals surface area contributed by atoms with E-state index >= 15 is 0 Å². The van der Waals surface area contributed by atoms with E-state index in [-0.39, 0.29) is 17.7 Å². The monoisotopic (exact) mass is 372 g/mol. The summed E-state index contributed by atoms with van der Waals surface area (Å²) in [6.45, 7) is 4.22. The summed E-state index contributed by atoms with van der Waals surface area (Å²) in [4.78, 5) is 6.34. The van der Waals surface area contributed by atoms with Crippen molar-refractivity contribution in [2.75, 3.05) is 19.6 Å². The van der Waals surface area contributed by atoms with Crippen molar-refractivity contribution in [2.45, 2.75) is 32.0 Å². The van der Waals surface area contributed by atoms with Gasteiger partial charge in [0, 0.05) is 19.6 Å². The Kier molecular flexibility index (Phi) is 5.02. The number of ether oxygens (including phenoxy) is 1. The Labute approximate surface area is 158 Å². The number of aromatic hydroxyl groups is 1. The first-order valence-electron chi connectivity index (χ1n) is 9.46. The number of likely N-dealkylation sites (tertiary alicyclic amines) is 1. The van der Waals surface area contributed by atoms with Crippen LogP contribution in [0.2, 0.25) is 0 Å². The van der Waals surface area contributed by atoms with E-state index < -0.39 is 6.10 Å². The molecule has 2 aromatic rings. The molecule has 1 saturated heterocycles. The van der Waals surface area contributed by atoms with Crippen LogP contribution in [0, 0.1) is 24.6 Å². The lowest BCUT2D eigenvalue weighted by molar-refractivity contribution is 0.112. The molecule has 4 rings (SSSR count). The second-order valence-corrected chi connectivity index (χ2v) is 7.84. The Morgan fingerprint density at radius 2 is 1.96 bits per heavy atom. The Hall–Kier alpha value is -2.18. The van der Waals surface area contributed by atoms with Crippen LogP contribution >= 0.6 is 0 Å². The van der Waals surface area contributed by atoms with Gasteiger partial charge in [0.15, 0.2) is 11.6 Å². The maximum absolute atomic E-state index is 14.0. The van der Waals surface area contributed by atoms with E-state index in [1.807, 2.05) is 13.0 Å². The van der Waals surface area contributed by atoms with E-state index in [0.717, 1.165) is 31.5 Å². The summed E-state index contributed by atoms with van der Waals surface area (Å²) >= 11 is 0. The van der Waals surface area contributed by atoms with Gasteiger partial charge in [0.2, 0.25) is 0 Å². The molecule has 4 atom stereocenters. The minimum Gasteiger partial charge on any atom is -0.506 e. The van der Waals surface area contributed by atoms with Gasteiger partial charge >= 0.3 is 0 Å². The Bertz CT molecular complexity index is 785. The second kappa shape index (κ2) is 7.44. The van der Waals surface area contributed by atoms with E-state index in [1.165, 1.54) is 18.3 Å². The van der Waals surface area contributed by atoms with Crippen LogP contribution in [0.25, 0.3) is 0 Å². The largest absolute Gasteiger partial charge is 0.506 e. The number of halogens is 1. The first-order chi connectivity index (χ1) is 13.0. The quantitative estimate of drug-likeness (QED) is 0.845. The van der Waals surface area contributed by atoms with Gasteiger partial charge in [0.25, 0.3) is 0 Å². The number of aliphatic hydroxyl groups excluding tert-OH is 1. The SMILES string of the molecule is Cc1ccc(O[C@H]2C[C@@H]3CN(CC(O)c4ccc(O)cn4)C[C@@H]3C2)c(F)c1. The summed E-state index contributed by atoms with van der Waals surface area (Å²) < 4.78 is 19.9. The number of hydrogen-bond acceptors (Lipinski definition) is 5. The van der Waals surface area contributed by atoms with Gasteiger partial charge in [0.1, 0.15) is 11.9 Å². The summed E-state index contributed by atoms with van der Waals surface area (Å²) in [7, 11) is 0. The van der Waals surface area contributed by atoms with Gasteiger partial charge in [-0.15, -0.1) is 0 Å². The molecule has 1 aromatic heterocycles. The molecule has 1 aliphatic heterocycles. The molecule has 1 saturated carbocycles. The Morgan fingerprint density at radius 3 is 2.59 bits per heavy atom. The molecule has 0 spiro atoms.